The average Bonchev–Trinajstić information content (AvgIpc) is 3.27. The van der Waals surface area contributed by atoms with Crippen molar-refractivity contribution in [2.75, 3.05) is 13.1 Å². The molecule has 2 aromatic rings. The van der Waals surface area contributed by atoms with Crippen molar-refractivity contribution in [2.45, 2.75) is 36.6 Å². The summed E-state index contributed by atoms with van der Waals surface area (Å²) in [7, 11) is -3.68. The molecule has 1 aromatic carbocycles. The Hall–Kier alpha value is -1.58. The maximum Gasteiger partial charge on any atom is 0.245 e. The number of hydrogen-bond donors (Lipinski definition) is 1. The Bertz CT molecular complexity index is 876. The molecule has 2 fully saturated rings. The second kappa shape index (κ2) is 6.05. The lowest BCUT2D eigenvalue weighted by atomic mass is 9.99. The van der Waals surface area contributed by atoms with E-state index in [0.717, 1.165) is 31.0 Å². The minimum atomic E-state index is -3.68. The van der Waals surface area contributed by atoms with Gasteiger partial charge in [0.05, 0.1) is 17.6 Å². The first kappa shape index (κ1) is 15.9. The fraction of sp³-hybridized carbons (Fsp3) is 0.533. The average molecular weight is 366 g/mol. The molecule has 9 heteroatoms. The zero-order chi connectivity index (χ0) is 16.7. The Morgan fingerprint density at radius 1 is 1.25 bits per heavy atom. The van der Waals surface area contributed by atoms with Crippen LogP contribution in [0.4, 0.5) is 0 Å². The van der Waals surface area contributed by atoms with E-state index in [1.165, 1.54) is 4.31 Å². The van der Waals surface area contributed by atoms with Crippen LogP contribution in [0.2, 0.25) is 0 Å². The van der Waals surface area contributed by atoms with E-state index < -0.39 is 10.0 Å². The molecule has 1 aliphatic carbocycles. The smallest absolute Gasteiger partial charge is 0.245 e. The molecule has 0 radical (unpaired) electrons. The summed E-state index contributed by atoms with van der Waals surface area (Å²) >= 11 is 1.00. The molecule has 1 saturated carbocycles. The van der Waals surface area contributed by atoms with Gasteiger partial charge in [0, 0.05) is 19.1 Å². The number of rotatable bonds is 4. The largest absolute Gasteiger partial charge is 0.353 e. The van der Waals surface area contributed by atoms with Gasteiger partial charge in [0.1, 0.15) is 15.9 Å². The Labute approximate surface area is 144 Å². The van der Waals surface area contributed by atoms with Crippen molar-refractivity contribution in [3.63, 3.8) is 0 Å². The summed E-state index contributed by atoms with van der Waals surface area (Å²) in [4.78, 5) is 12.5. The van der Waals surface area contributed by atoms with Crippen LogP contribution in [0.15, 0.2) is 23.1 Å². The quantitative estimate of drug-likeness (QED) is 0.882. The first-order chi connectivity index (χ1) is 11.6. The van der Waals surface area contributed by atoms with Crippen molar-refractivity contribution >= 4 is 38.7 Å². The first-order valence-corrected chi connectivity index (χ1v) is 10.2. The van der Waals surface area contributed by atoms with Gasteiger partial charge in [-0.05, 0) is 37.8 Å². The Balaban J connectivity index is 1.59. The molecule has 128 valence electrons. The summed E-state index contributed by atoms with van der Waals surface area (Å²) in [6, 6.07) is 5.28. The predicted molar refractivity (Wildman–Crippen MR) is 90.1 cm³/mol. The summed E-state index contributed by atoms with van der Waals surface area (Å²) in [6.45, 7) is 0.665. The number of carbonyl (C=O) groups excluding carboxylic acids is 1. The highest BCUT2D eigenvalue weighted by molar-refractivity contribution is 7.89. The van der Waals surface area contributed by atoms with Gasteiger partial charge in [-0.15, -0.1) is 0 Å². The van der Waals surface area contributed by atoms with E-state index >= 15 is 0 Å². The number of hydrogen-bond acceptors (Lipinski definition) is 6. The van der Waals surface area contributed by atoms with Crippen molar-refractivity contribution in [2.24, 2.45) is 5.92 Å². The van der Waals surface area contributed by atoms with E-state index in [1.54, 1.807) is 18.2 Å². The molecule has 24 heavy (non-hydrogen) atoms. The molecule has 7 nitrogen and oxygen atoms in total. The highest BCUT2D eigenvalue weighted by Crippen LogP contribution is 2.28. The van der Waals surface area contributed by atoms with Crippen molar-refractivity contribution in [1.29, 1.82) is 0 Å². The second-order valence-corrected chi connectivity index (χ2v) is 8.81. The van der Waals surface area contributed by atoms with Gasteiger partial charge in [-0.1, -0.05) is 6.07 Å². The van der Waals surface area contributed by atoms with Crippen LogP contribution in [0.25, 0.3) is 11.0 Å². The molecule has 0 unspecified atom stereocenters. The predicted octanol–water partition coefficient (Wildman–Crippen LogP) is 1.37. The topological polar surface area (TPSA) is 92.3 Å². The van der Waals surface area contributed by atoms with Gasteiger partial charge < -0.3 is 5.32 Å². The van der Waals surface area contributed by atoms with Gasteiger partial charge in [0.15, 0.2) is 0 Å². The van der Waals surface area contributed by atoms with Crippen molar-refractivity contribution in [3.8, 4) is 0 Å². The van der Waals surface area contributed by atoms with Crippen LogP contribution in [0, 0.1) is 5.92 Å². The van der Waals surface area contributed by atoms with Crippen LogP contribution in [0.5, 0.6) is 0 Å². The molecular weight excluding hydrogens is 348 g/mol. The van der Waals surface area contributed by atoms with Crippen LogP contribution in [0.3, 0.4) is 0 Å². The lowest BCUT2D eigenvalue weighted by Crippen LogP contribution is -2.45. The Kier molecular flexibility index (Phi) is 4.01. The summed E-state index contributed by atoms with van der Waals surface area (Å²) < 4.78 is 35.7. The number of amides is 1. The third-order valence-electron chi connectivity index (χ3n) is 4.55. The number of benzene rings is 1. The van der Waals surface area contributed by atoms with E-state index in [2.05, 4.69) is 14.1 Å². The molecule has 1 aliphatic heterocycles. The first-order valence-electron chi connectivity index (χ1n) is 8.07. The van der Waals surface area contributed by atoms with Crippen LogP contribution in [0.1, 0.15) is 25.7 Å². The van der Waals surface area contributed by atoms with Crippen molar-refractivity contribution < 1.29 is 13.2 Å². The normalized spacial score (nSPS) is 22.6. The SMILES string of the molecule is O=C(NC1CC1)[C@@H]1CCCN(S(=O)(=O)c2cccc3nsnc23)C1. The zero-order valence-electron chi connectivity index (χ0n) is 13.0. The number of fused-ring (bicyclic) bond motifs is 1. The van der Waals surface area contributed by atoms with Crippen LogP contribution < -0.4 is 5.32 Å². The van der Waals surface area contributed by atoms with Crippen LogP contribution >= 0.6 is 11.7 Å². The highest BCUT2D eigenvalue weighted by atomic mass is 32.2. The number of piperidine rings is 1. The van der Waals surface area contributed by atoms with Gasteiger partial charge in [0.2, 0.25) is 15.9 Å². The standard InChI is InChI=1S/C15H18N4O3S2/c20-15(16-11-6-7-11)10-3-2-8-19(9-10)24(21,22)13-5-1-4-12-14(13)18-23-17-12/h1,4-5,10-11H,2-3,6-9H2,(H,16,20)/t10-/m1/s1. The molecular formula is C15H18N4O3S2. The Morgan fingerprint density at radius 3 is 2.88 bits per heavy atom. The Morgan fingerprint density at radius 2 is 2.08 bits per heavy atom. The molecule has 1 saturated heterocycles. The lowest BCUT2D eigenvalue weighted by molar-refractivity contribution is -0.126. The molecule has 2 heterocycles. The van der Waals surface area contributed by atoms with Crippen LogP contribution in [-0.2, 0) is 14.8 Å². The molecule has 4 rings (SSSR count). The third kappa shape index (κ3) is 2.91. The van der Waals surface area contributed by atoms with Gasteiger partial charge in [-0.3, -0.25) is 4.79 Å². The molecule has 2 aliphatic rings. The van der Waals surface area contributed by atoms with Crippen molar-refractivity contribution in [1.82, 2.24) is 18.4 Å². The van der Waals surface area contributed by atoms with Crippen molar-refractivity contribution in [3.05, 3.63) is 18.2 Å². The fourth-order valence-corrected chi connectivity index (χ4v) is 5.33. The number of nitrogens with zero attached hydrogens (tertiary/aromatic N) is 3. The van der Waals surface area contributed by atoms with E-state index in [9.17, 15) is 13.2 Å². The molecule has 0 bridgehead atoms. The van der Waals surface area contributed by atoms with Crippen LogP contribution in [-0.4, -0.2) is 46.5 Å². The maximum absolute atomic E-state index is 13.0. The summed E-state index contributed by atoms with van der Waals surface area (Å²) in [6.07, 6.45) is 3.47. The highest BCUT2D eigenvalue weighted by Gasteiger charge is 2.36. The van der Waals surface area contributed by atoms with E-state index in [1.807, 2.05) is 0 Å². The molecule has 1 amide bonds. The second-order valence-electron chi connectivity index (χ2n) is 6.37. The van der Waals surface area contributed by atoms with E-state index in [-0.39, 0.29) is 23.3 Å². The van der Waals surface area contributed by atoms with E-state index in [0.29, 0.717) is 30.0 Å². The minimum Gasteiger partial charge on any atom is -0.353 e. The van der Waals surface area contributed by atoms with Gasteiger partial charge in [0.25, 0.3) is 0 Å². The monoisotopic (exact) mass is 366 g/mol. The summed E-state index contributed by atoms with van der Waals surface area (Å²) in [5.74, 6) is -0.298. The summed E-state index contributed by atoms with van der Waals surface area (Å²) in [5.41, 5.74) is 0.994. The fourth-order valence-electron chi connectivity index (χ4n) is 3.05. The number of carbonyl (C=O) groups is 1. The molecule has 1 atom stereocenters. The third-order valence-corrected chi connectivity index (χ3v) is 6.98. The number of aromatic nitrogens is 2. The van der Waals surface area contributed by atoms with Gasteiger partial charge >= 0.3 is 0 Å². The van der Waals surface area contributed by atoms with Gasteiger partial charge in [-0.2, -0.15) is 13.1 Å². The molecule has 1 aromatic heterocycles. The number of nitrogens with one attached hydrogen (secondary N) is 1. The lowest BCUT2D eigenvalue weighted by Gasteiger charge is -2.31. The maximum atomic E-state index is 13.0. The molecule has 0 spiro atoms. The number of sulfonamides is 1. The summed E-state index contributed by atoms with van der Waals surface area (Å²) in [5, 5.41) is 2.98. The van der Waals surface area contributed by atoms with Gasteiger partial charge in [-0.25, -0.2) is 8.42 Å². The minimum absolute atomic E-state index is 0.0223. The molecule has 1 N–H and O–H groups in total. The zero-order valence-corrected chi connectivity index (χ0v) is 14.6. The van der Waals surface area contributed by atoms with E-state index in [4.69, 9.17) is 0 Å².